The quantitative estimate of drug-likeness (QED) is 0.745. The highest BCUT2D eigenvalue weighted by Crippen LogP contribution is 2.49. The molecule has 6 heteroatoms. The number of hydrogen-bond acceptors (Lipinski definition) is 3. The highest BCUT2D eigenvalue weighted by molar-refractivity contribution is 8.03. The maximum Gasteiger partial charge on any atom is 0.278 e. The van der Waals surface area contributed by atoms with Crippen LogP contribution in [0.1, 0.15) is 13.3 Å². The molecule has 0 saturated carbocycles. The number of hydrazone groups is 1. The number of rotatable bonds is 1. The van der Waals surface area contributed by atoms with Crippen molar-refractivity contribution < 1.29 is 4.87 Å². The lowest BCUT2D eigenvalue weighted by atomic mass is 9.76. The van der Waals surface area contributed by atoms with Crippen LogP contribution in [-0.4, -0.2) is 26.0 Å². The zero-order valence-corrected chi connectivity index (χ0v) is 11.8. The van der Waals surface area contributed by atoms with Crippen LogP contribution >= 0.6 is 11.8 Å². The molecule has 0 saturated heterocycles. The maximum absolute atomic E-state index is 11.5. The second-order valence-electron chi connectivity index (χ2n) is 5.32. The lowest BCUT2D eigenvalue weighted by molar-refractivity contribution is -0.535. The molecule has 1 atom stereocenters. The largest absolute Gasteiger partial charge is 0.307 e. The van der Waals surface area contributed by atoms with Gasteiger partial charge in [-0.3, -0.25) is 0 Å². The lowest BCUT2D eigenvalue weighted by Gasteiger charge is -2.29. The van der Waals surface area contributed by atoms with Gasteiger partial charge in [0, 0.05) is 33.5 Å². The fourth-order valence-corrected chi connectivity index (χ4v) is 3.77. The van der Waals surface area contributed by atoms with Crippen molar-refractivity contribution >= 4 is 23.2 Å². The van der Waals surface area contributed by atoms with Crippen LogP contribution in [0.3, 0.4) is 0 Å². The number of nitroso groups, excluding NO2 is 1. The molecule has 0 fully saturated rings. The molecule has 4 rings (SSSR count). The second-order valence-corrected chi connectivity index (χ2v) is 6.30. The van der Waals surface area contributed by atoms with Gasteiger partial charge in [0.2, 0.25) is 0 Å². The predicted molar refractivity (Wildman–Crippen MR) is 78.9 cm³/mol. The van der Waals surface area contributed by atoms with E-state index in [0.29, 0.717) is 5.88 Å². The average Bonchev–Trinajstić information content (AvgIpc) is 3.05. The Morgan fingerprint density at radius 1 is 1.45 bits per heavy atom. The Morgan fingerprint density at radius 3 is 3.15 bits per heavy atom. The van der Waals surface area contributed by atoms with Crippen LogP contribution in [0, 0.1) is 10.3 Å². The number of imidazole rings is 1. The summed E-state index contributed by atoms with van der Waals surface area (Å²) in [6.07, 6.45) is 12.9. The smallest absolute Gasteiger partial charge is 0.278 e. The Balaban J connectivity index is 1.80. The summed E-state index contributed by atoms with van der Waals surface area (Å²) in [4.78, 5) is 17.5. The Labute approximate surface area is 120 Å². The van der Waals surface area contributed by atoms with Crippen molar-refractivity contribution in [1.29, 1.82) is 0 Å². The maximum atomic E-state index is 11.5. The first-order valence-electron chi connectivity index (χ1n) is 6.46. The molecule has 1 aromatic heterocycles. The van der Waals surface area contributed by atoms with Gasteiger partial charge in [-0.15, -0.1) is 0 Å². The van der Waals surface area contributed by atoms with Gasteiger partial charge < -0.3 is 4.57 Å². The first kappa shape index (κ1) is 11.8. The van der Waals surface area contributed by atoms with Crippen LogP contribution in [0.25, 0.3) is 5.70 Å². The molecule has 1 aliphatic heterocycles. The molecular weight excluding hydrogens is 272 g/mol. The molecule has 0 spiro atoms. The Hall–Kier alpha value is -1.95. The highest BCUT2D eigenvalue weighted by Gasteiger charge is 2.46. The van der Waals surface area contributed by atoms with Gasteiger partial charge in [0.1, 0.15) is 5.71 Å². The molecule has 5 nitrogen and oxygen atoms in total. The van der Waals surface area contributed by atoms with E-state index in [2.05, 4.69) is 35.2 Å². The van der Waals surface area contributed by atoms with Crippen molar-refractivity contribution in [3.8, 4) is 0 Å². The lowest BCUT2D eigenvalue weighted by Crippen LogP contribution is -2.30. The van der Waals surface area contributed by atoms with Gasteiger partial charge >= 0.3 is 0 Å². The van der Waals surface area contributed by atoms with Crippen LogP contribution in [0.4, 0.5) is 0 Å². The van der Waals surface area contributed by atoms with Crippen LogP contribution < -0.4 is 0 Å². The molecule has 3 aliphatic rings. The fraction of sp³-hybridized carbons (Fsp3) is 0.286. The summed E-state index contributed by atoms with van der Waals surface area (Å²) in [6, 6.07) is 0. The third-order valence-electron chi connectivity index (χ3n) is 4.05. The summed E-state index contributed by atoms with van der Waals surface area (Å²) in [7, 11) is 0. The minimum Gasteiger partial charge on any atom is -0.307 e. The summed E-state index contributed by atoms with van der Waals surface area (Å²) in [5.41, 5.74) is 3.08. The SMILES string of the molecule is CC12CC=C(n3ccnc3)C=C1C=C1SC[N+](=O)N=C12. The van der Waals surface area contributed by atoms with Gasteiger partial charge in [0.15, 0.2) is 4.87 Å². The van der Waals surface area contributed by atoms with Gasteiger partial charge in [0.05, 0.1) is 11.2 Å². The second kappa shape index (κ2) is 4.02. The van der Waals surface area contributed by atoms with E-state index < -0.39 is 0 Å². The molecule has 2 heterocycles. The van der Waals surface area contributed by atoms with Crippen LogP contribution in [0.2, 0.25) is 0 Å². The average molecular weight is 285 g/mol. The van der Waals surface area contributed by atoms with E-state index in [-0.39, 0.29) is 5.41 Å². The fourth-order valence-electron chi connectivity index (χ4n) is 2.85. The Morgan fingerprint density at radius 2 is 2.35 bits per heavy atom. The van der Waals surface area contributed by atoms with E-state index in [1.807, 2.05) is 10.8 Å². The number of thioether (sulfide) groups is 1. The summed E-state index contributed by atoms with van der Waals surface area (Å²) in [6.45, 7) is 2.15. The summed E-state index contributed by atoms with van der Waals surface area (Å²) in [5.74, 6) is 0.375. The van der Waals surface area contributed by atoms with Crippen molar-refractivity contribution in [1.82, 2.24) is 9.55 Å². The summed E-state index contributed by atoms with van der Waals surface area (Å²) >= 11 is 1.57. The number of hydrogen-bond donors (Lipinski definition) is 0. The summed E-state index contributed by atoms with van der Waals surface area (Å²) in [5, 5.41) is 4.20. The van der Waals surface area contributed by atoms with E-state index in [1.54, 1.807) is 24.3 Å². The van der Waals surface area contributed by atoms with Crippen LogP contribution in [0.5, 0.6) is 0 Å². The zero-order valence-electron chi connectivity index (χ0n) is 11.0. The van der Waals surface area contributed by atoms with Crippen molar-refractivity contribution in [2.24, 2.45) is 10.5 Å². The van der Waals surface area contributed by atoms with Gasteiger partial charge in [-0.2, -0.15) is 0 Å². The van der Waals surface area contributed by atoms with Crippen molar-refractivity contribution in [2.75, 3.05) is 5.88 Å². The minimum atomic E-state index is -0.171. The third-order valence-corrected chi connectivity index (χ3v) is 5.02. The van der Waals surface area contributed by atoms with E-state index >= 15 is 0 Å². The molecule has 0 bridgehead atoms. The zero-order chi connectivity index (χ0) is 13.7. The molecule has 100 valence electrons. The van der Waals surface area contributed by atoms with E-state index in [0.717, 1.165) is 27.6 Å². The van der Waals surface area contributed by atoms with Crippen molar-refractivity contribution in [3.63, 3.8) is 0 Å². The minimum absolute atomic E-state index is 0.171. The standard InChI is InChI=1S/C14H13N4OS/c1-14-3-2-11(17-5-4-15-8-17)6-10(14)7-12-13(14)16-18(19)9-20-12/h2,4-8H,3,9H2,1H3/q+1. The van der Waals surface area contributed by atoms with Gasteiger partial charge in [-0.25, -0.2) is 4.98 Å². The first-order chi connectivity index (χ1) is 9.67. The summed E-state index contributed by atoms with van der Waals surface area (Å²) < 4.78 is 2.00. The topological polar surface area (TPSA) is 50.3 Å². The van der Waals surface area contributed by atoms with Crippen molar-refractivity contribution in [2.45, 2.75) is 13.3 Å². The highest BCUT2D eigenvalue weighted by atomic mass is 32.2. The molecule has 2 aliphatic carbocycles. The monoisotopic (exact) mass is 285 g/mol. The van der Waals surface area contributed by atoms with E-state index in [1.165, 1.54) is 5.57 Å². The molecule has 1 aromatic rings. The number of fused-ring (bicyclic) bond motifs is 3. The normalized spacial score (nSPS) is 28.1. The predicted octanol–water partition coefficient (Wildman–Crippen LogP) is 2.80. The molecule has 20 heavy (non-hydrogen) atoms. The molecule has 0 N–H and O–H groups in total. The number of allylic oxidation sites excluding steroid dienone is 6. The van der Waals surface area contributed by atoms with Crippen LogP contribution in [-0.2, 0) is 0 Å². The molecular formula is C14H13N4OS+. The van der Waals surface area contributed by atoms with Gasteiger partial charge in [0.25, 0.3) is 5.88 Å². The number of nitrogens with zero attached hydrogens (tertiary/aromatic N) is 4. The number of aromatic nitrogens is 2. The van der Waals surface area contributed by atoms with Crippen LogP contribution in [0.15, 0.2) is 52.5 Å². The molecule has 1 unspecified atom stereocenters. The Bertz CT molecular complexity index is 726. The molecule has 0 amide bonds. The molecule has 0 radical (unpaired) electrons. The first-order valence-corrected chi connectivity index (χ1v) is 7.45. The van der Waals surface area contributed by atoms with Gasteiger partial charge in [-0.05, 0) is 42.8 Å². The van der Waals surface area contributed by atoms with Gasteiger partial charge in [-0.1, -0.05) is 6.08 Å². The van der Waals surface area contributed by atoms with E-state index in [4.69, 9.17) is 0 Å². The Kier molecular flexibility index (Phi) is 2.38. The van der Waals surface area contributed by atoms with E-state index in [9.17, 15) is 4.91 Å². The van der Waals surface area contributed by atoms with Crippen molar-refractivity contribution in [3.05, 3.63) is 52.3 Å². The third kappa shape index (κ3) is 1.57. The molecule has 0 aromatic carbocycles.